The molecule has 0 saturated carbocycles. The lowest BCUT2D eigenvalue weighted by atomic mass is 10.1. The van der Waals surface area contributed by atoms with Crippen LogP contribution in [0.1, 0.15) is 24.8 Å². The molecule has 0 aromatic carbocycles. The first-order chi connectivity index (χ1) is 5.88. The molecule has 1 fully saturated rings. The molecule has 66 valence electrons. The van der Waals surface area contributed by atoms with Gasteiger partial charge in [-0.1, -0.05) is 0 Å². The number of hydrogen-bond acceptors (Lipinski definition) is 3. The summed E-state index contributed by atoms with van der Waals surface area (Å²) in [6.45, 7) is 1.00. The largest absolute Gasteiger partial charge is 0.384 e. The van der Waals surface area contributed by atoms with Crippen molar-refractivity contribution in [2.24, 2.45) is 0 Å². The first-order valence-corrected chi connectivity index (χ1v) is 4.28. The summed E-state index contributed by atoms with van der Waals surface area (Å²) in [5.41, 5.74) is 0. The Kier molecular flexibility index (Phi) is 2.10. The van der Waals surface area contributed by atoms with Gasteiger partial charge >= 0.3 is 0 Å². The number of aliphatic hydroxyl groups excluding tert-OH is 1. The number of hydrogen-bond donors (Lipinski definition) is 3. The summed E-state index contributed by atoms with van der Waals surface area (Å²) in [6.07, 6.45) is 5.08. The molecule has 0 radical (unpaired) electrons. The van der Waals surface area contributed by atoms with Crippen molar-refractivity contribution in [3.8, 4) is 0 Å². The molecule has 12 heavy (non-hydrogen) atoms. The lowest BCUT2D eigenvalue weighted by Gasteiger charge is -2.15. The third-order valence-corrected chi connectivity index (χ3v) is 2.28. The summed E-state index contributed by atoms with van der Waals surface area (Å²) in [6, 6.07) is 0.177. The van der Waals surface area contributed by atoms with Crippen LogP contribution in [-0.4, -0.2) is 27.7 Å². The van der Waals surface area contributed by atoms with Gasteiger partial charge in [-0.15, -0.1) is 0 Å². The zero-order chi connectivity index (χ0) is 8.39. The molecule has 4 heteroatoms. The third-order valence-electron chi connectivity index (χ3n) is 2.28. The van der Waals surface area contributed by atoms with E-state index in [-0.39, 0.29) is 6.04 Å². The molecule has 0 amide bonds. The second-order valence-electron chi connectivity index (χ2n) is 3.12. The van der Waals surface area contributed by atoms with E-state index in [0.29, 0.717) is 5.82 Å². The Morgan fingerprint density at radius 3 is 3.17 bits per heavy atom. The molecule has 2 heterocycles. The Labute approximate surface area is 71.0 Å². The minimum atomic E-state index is -0.484. The fraction of sp³-hybridized carbons (Fsp3) is 0.625. The highest BCUT2D eigenvalue weighted by Gasteiger charge is 2.25. The molecule has 2 rings (SSSR count). The van der Waals surface area contributed by atoms with Crippen LogP contribution in [-0.2, 0) is 0 Å². The number of nitrogens with zero attached hydrogens (tertiary/aromatic N) is 1. The maximum absolute atomic E-state index is 9.75. The Morgan fingerprint density at radius 2 is 2.58 bits per heavy atom. The number of aromatic nitrogens is 2. The molecule has 3 N–H and O–H groups in total. The van der Waals surface area contributed by atoms with Crippen LogP contribution < -0.4 is 5.32 Å². The van der Waals surface area contributed by atoms with Crippen molar-refractivity contribution in [3.63, 3.8) is 0 Å². The van der Waals surface area contributed by atoms with E-state index in [9.17, 15) is 5.11 Å². The molecule has 1 saturated heterocycles. The predicted octanol–water partition coefficient (Wildman–Crippen LogP) is 0.195. The molecule has 0 spiro atoms. The minimum absolute atomic E-state index is 0.177. The molecule has 1 unspecified atom stereocenters. The number of imidazole rings is 1. The van der Waals surface area contributed by atoms with Crippen molar-refractivity contribution in [2.45, 2.75) is 25.0 Å². The smallest absolute Gasteiger partial charge is 0.136 e. The molecule has 0 aliphatic carbocycles. The highest BCUT2D eigenvalue weighted by atomic mass is 16.3. The number of H-pyrrole nitrogens is 1. The number of aromatic amines is 1. The fourth-order valence-electron chi connectivity index (χ4n) is 1.61. The summed E-state index contributed by atoms with van der Waals surface area (Å²) in [5, 5.41) is 13.0. The minimum Gasteiger partial charge on any atom is -0.384 e. The van der Waals surface area contributed by atoms with Crippen LogP contribution in [0.5, 0.6) is 0 Å². The van der Waals surface area contributed by atoms with Crippen molar-refractivity contribution in [1.82, 2.24) is 15.3 Å². The van der Waals surface area contributed by atoms with Gasteiger partial charge in [0.05, 0.1) is 0 Å². The normalized spacial score (nSPS) is 25.9. The van der Waals surface area contributed by atoms with Gasteiger partial charge in [0.1, 0.15) is 11.9 Å². The van der Waals surface area contributed by atoms with Gasteiger partial charge in [0, 0.05) is 18.4 Å². The van der Waals surface area contributed by atoms with Gasteiger partial charge in [-0.3, -0.25) is 0 Å². The van der Waals surface area contributed by atoms with Gasteiger partial charge < -0.3 is 15.4 Å². The highest BCUT2D eigenvalue weighted by Crippen LogP contribution is 2.19. The first kappa shape index (κ1) is 7.76. The first-order valence-electron chi connectivity index (χ1n) is 4.28. The Bertz CT molecular complexity index is 228. The average molecular weight is 167 g/mol. The van der Waals surface area contributed by atoms with E-state index in [0.717, 1.165) is 19.4 Å². The molecule has 1 aliphatic rings. The maximum Gasteiger partial charge on any atom is 0.136 e. The quantitative estimate of drug-likeness (QED) is 0.589. The topological polar surface area (TPSA) is 60.9 Å². The highest BCUT2D eigenvalue weighted by molar-refractivity contribution is 4.98. The monoisotopic (exact) mass is 167 g/mol. The molecular weight excluding hydrogens is 154 g/mol. The van der Waals surface area contributed by atoms with E-state index in [1.807, 2.05) is 0 Å². The standard InChI is InChI=1S/C8H13N3O/c12-7(6-2-1-3-9-6)8-10-4-5-11-8/h4-7,9,12H,1-3H2,(H,10,11)/t6-,7?/m1/s1. The fourth-order valence-corrected chi connectivity index (χ4v) is 1.61. The molecule has 4 nitrogen and oxygen atoms in total. The second-order valence-corrected chi connectivity index (χ2v) is 3.12. The van der Waals surface area contributed by atoms with E-state index >= 15 is 0 Å². The lowest BCUT2D eigenvalue weighted by molar-refractivity contribution is 0.129. The van der Waals surface area contributed by atoms with Crippen molar-refractivity contribution in [2.75, 3.05) is 6.54 Å². The van der Waals surface area contributed by atoms with Crippen LogP contribution in [0.3, 0.4) is 0 Å². The molecule has 0 bridgehead atoms. The van der Waals surface area contributed by atoms with E-state index in [4.69, 9.17) is 0 Å². The summed E-state index contributed by atoms with van der Waals surface area (Å²) in [4.78, 5) is 6.93. The summed E-state index contributed by atoms with van der Waals surface area (Å²) >= 11 is 0. The van der Waals surface area contributed by atoms with Gasteiger partial charge in [0.2, 0.25) is 0 Å². The molecule has 1 aromatic rings. The summed E-state index contributed by atoms with van der Waals surface area (Å²) in [5.74, 6) is 0.661. The summed E-state index contributed by atoms with van der Waals surface area (Å²) in [7, 11) is 0. The van der Waals surface area contributed by atoms with Crippen molar-refractivity contribution < 1.29 is 5.11 Å². The van der Waals surface area contributed by atoms with Crippen LogP contribution in [0.25, 0.3) is 0 Å². The lowest BCUT2D eigenvalue weighted by Crippen LogP contribution is -2.29. The zero-order valence-corrected chi connectivity index (χ0v) is 6.83. The van der Waals surface area contributed by atoms with E-state index in [1.54, 1.807) is 12.4 Å². The molecule has 1 aromatic heterocycles. The number of nitrogens with one attached hydrogen (secondary N) is 2. The van der Waals surface area contributed by atoms with E-state index in [2.05, 4.69) is 15.3 Å². The van der Waals surface area contributed by atoms with Gasteiger partial charge in [0.15, 0.2) is 0 Å². The van der Waals surface area contributed by atoms with Crippen LogP contribution in [0.4, 0.5) is 0 Å². The van der Waals surface area contributed by atoms with Gasteiger partial charge in [-0.2, -0.15) is 0 Å². The van der Waals surface area contributed by atoms with Crippen molar-refractivity contribution in [3.05, 3.63) is 18.2 Å². The zero-order valence-electron chi connectivity index (χ0n) is 6.83. The predicted molar refractivity (Wildman–Crippen MR) is 44.6 cm³/mol. The van der Waals surface area contributed by atoms with Crippen LogP contribution >= 0.6 is 0 Å². The molecular formula is C8H13N3O. The van der Waals surface area contributed by atoms with Crippen molar-refractivity contribution >= 4 is 0 Å². The Morgan fingerprint density at radius 1 is 1.67 bits per heavy atom. The van der Waals surface area contributed by atoms with E-state index < -0.39 is 6.10 Å². The van der Waals surface area contributed by atoms with Crippen LogP contribution in [0.15, 0.2) is 12.4 Å². The average Bonchev–Trinajstić information content (AvgIpc) is 2.77. The van der Waals surface area contributed by atoms with Gasteiger partial charge in [0.25, 0.3) is 0 Å². The van der Waals surface area contributed by atoms with Gasteiger partial charge in [-0.25, -0.2) is 4.98 Å². The number of rotatable bonds is 2. The summed E-state index contributed by atoms with van der Waals surface area (Å²) < 4.78 is 0. The molecule has 2 atom stereocenters. The maximum atomic E-state index is 9.75. The van der Waals surface area contributed by atoms with Crippen LogP contribution in [0, 0.1) is 0 Å². The third kappa shape index (κ3) is 1.35. The van der Waals surface area contributed by atoms with Gasteiger partial charge in [-0.05, 0) is 19.4 Å². The SMILES string of the molecule is OC(c1ncc[nH]1)[C@H]1CCCN1. The Balaban J connectivity index is 2.04. The van der Waals surface area contributed by atoms with Crippen molar-refractivity contribution in [1.29, 1.82) is 0 Å². The van der Waals surface area contributed by atoms with Crippen LogP contribution in [0.2, 0.25) is 0 Å². The number of aliphatic hydroxyl groups is 1. The second kappa shape index (κ2) is 3.25. The molecule has 1 aliphatic heterocycles. The Hall–Kier alpha value is -0.870. The van der Waals surface area contributed by atoms with E-state index in [1.165, 1.54) is 0 Å².